The van der Waals surface area contributed by atoms with Gasteiger partial charge in [0.2, 0.25) is 0 Å². The van der Waals surface area contributed by atoms with Gasteiger partial charge in [0, 0.05) is 35.6 Å². The van der Waals surface area contributed by atoms with Crippen molar-refractivity contribution in [3.05, 3.63) is 108 Å². The van der Waals surface area contributed by atoms with Gasteiger partial charge in [-0.2, -0.15) is 0 Å². The lowest BCUT2D eigenvalue weighted by atomic mass is 9.76. The van der Waals surface area contributed by atoms with Crippen molar-refractivity contribution in [1.29, 1.82) is 0 Å². The van der Waals surface area contributed by atoms with Crippen LogP contribution in [0.5, 0.6) is 0 Å². The number of hydrogen-bond acceptors (Lipinski definition) is 6. The molecule has 0 spiro atoms. The molecule has 6 nitrogen and oxygen atoms in total. The number of hydrogen-bond donors (Lipinski definition) is 3. The van der Waals surface area contributed by atoms with E-state index in [0.29, 0.717) is 43.2 Å². The number of nitrogens with one attached hydrogen (secondary N) is 3. The van der Waals surface area contributed by atoms with E-state index in [2.05, 4.69) is 16.0 Å². The van der Waals surface area contributed by atoms with E-state index in [4.69, 9.17) is 16.4 Å². The third-order valence-electron chi connectivity index (χ3n) is 8.86. The van der Waals surface area contributed by atoms with Gasteiger partial charge in [0.05, 0.1) is 0 Å². The maximum Gasteiger partial charge on any atom is 0.157 e. The van der Waals surface area contributed by atoms with Crippen LogP contribution in [0.4, 0.5) is 0 Å². The molecular weight excluding hydrogens is 558 g/mol. The average Bonchev–Trinajstić information content (AvgIpc) is 3.14. The second kappa shape index (κ2) is 16.2. The predicted molar refractivity (Wildman–Crippen MR) is 182 cm³/mol. The Morgan fingerprint density at radius 1 is 0.489 bits per heavy atom. The number of rotatable bonds is 6. The van der Waals surface area contributed by atoms with Crippen LogP contribution in [0.2, 0.25) is 0 Å². The molecule has 3 N–H and O–H groups in total. The van der Waals surface area contributed by atoms with Gasteiger partial charge in [-0.05, 0) is 76.2 Å². The molecule has 0 bridgehead atoms. The highest BCUT2D eigenvalue weighted by atomic mass is 16.1. The van der Waals surface area contributed by atoms with E-state index >= 15 is 0 Å². The van der Waals surface area contributed by atoms with Crippen LogP contribution in [0.15, 0.2) is 91.0 Å². The molecule has 3 atom stereocenters. The summed E-state index contributed by atoms with van der Waals surface area (Å²) in [5.74, 6) is -1.73. The van der Waals surface area contributed by atoms with Crippen molar-refractivity contribution < 1.29 is 30.8 Å². The van der Waals surface area contributed by atoms with E-state index < -0.39 is 61.3 Å². The van der Waals surface area contributed by atoms with Crippen molar-refractivity contribution in [3.63, 3.8) is 0 Å². The Morgan fingerprint density at radius 3 is 1.04 bits per heavy atom. The molecule has 0 unspecified atom stereocenters. The summed E-state index contributed by atoms with van der Waals surface area (Å²) in [6, 6.07) is 26.5. The molecule has 6 heteroatoms. The molecule has 0 aromatic heterocycles. The summed E-state index contributed by atoms with van der Waals surface area (Å²) in [6.07, 6.45) is -2.31. The molecule has 0 saturated heterocycles. The molecule has 45 heavy (non-hydrogen) atoms. The quantitative estimate of drug-likeness (QED) is 0.283. The molecule has 3 aliphatic rings. The Hall–Kier alpha value is -3.45. The lowest BCUT2D eigenvalue weighted by Crippen LogP contribution is -2.49. The minimum atomic E-state index is -2.51. The van der Waals surface area contributed by atoms with Crippen molar-refractivity contribution in [2.45, 2.75) is 93.5 Å². The number of ketones is 3. The first-order valence-electron chi connectivity index (χ1n) is 21.5. The van der Waals surface area contributed by atoms with E-state index in [-0.39, 0.29) is 31.5 Å². The summed E-state index contributed by atoms with van der Waals surface area (Å²) in [5, 5.41) is 7.86. The highest BCUT2D eigenvalue weighted by Gasteiger charge is 2.41. The van der Waals surface area contributed by atoms with Crippen LogP contribution >= 0.6 is 0 Å². The van der Waals surface area contributed by atoms with Crippen LogP contribution in [0.3, 0.4) is 0 Å². The van der Waals surface area contributed by atoms with Crippen LogP contribution in [-0.4, -0.2) is 38.3 Å². The maximum atomic E-state index is 12.6. The van der Waals surface area contributed by atoms with E-state index in [9.17, 15) is 14.4 Å². The van der Waals surface area contributed by atoms with E-state index in [1.165, 1.54) is 0 Å². The standard InChI is InChI=1S/3C13H17NO/c3*1-14-13(10-6-5-9-12(13)15)11-7-3-2-4-8-11/h3*2-4,7-8,14H,5-6,9-10H2,1H3/t3*13-/m111/s1/i2*1D3,9D2;9D2. The van der Waals surface area contributed by atoms with Crippen molar-refractivity contribution in [3.8, 4) is 0 Å². The topological polar surface area (TPSA) is 87.3 Å². The van der Waals surface area contributed by atoms with E-state index in [1.54, 1.807) is 67.7 Å². The molecule has 240 valence electrons. The Kier molecular flexibility index (Phi) is 7.70. The second-order valence-electron chi connectivity index (χ2n) is 11.4. The highest BCUT2D eigenvalue weighted by molar-refractivity contribution is 5.91. The maximum absolute atomic E-state index is 12.6. The Labute approximate surface area is 286 Å². The Balaban J connectivity index is 0.000000190. The Morgan fingerprint density at radius 2 is 0.778 bits per heavy atom. The van der Waals surface area contributed by atoms with E-state index in [1.807, 2.05) is 30.3 Å². The lowest BCUT2D eigenvalue weighted by Gasteiger charge is -2.36. The fraction of sp³-hybridized carbons (Fsp3) is 0.462. The van der Waals surface area contributed by atoms with Crippen molar-refractivity contribution in [2.24, 2.45) is 0 Å². The fourth-order valence-corrected chi connectivity index (χ4v) is 6.22. The largest absolute Gasteiger partial charge is 0.304 e. The molecule has 6 rings (SSSR count). The zero-order chi connectivity index (χ0) is 42.6. The monoisotopic (exact) mass is 621 g/mol. The molecule has 3 aliphatic carbocycles. The summed E-state index contributed by atoms with van der Waals surface area (Å²) in [5.41, 5.74) is -1.95. The lowest BCUT2D eigenvalue weighted by molar-refractivity contribution is -0.128. The normalized spacial score (nSPS) is 34.5. The van der Waals surface area contributed by atoms with Gasteiger partial charge >= 0.3 is 0 Å². The molecule has 3 fully saturated rings. The summed E-state index contributed by atoms with van der Waals surface area (Å²) >= 11 is 0. The van der Waals surface area contributed by atoms with Gasteiger partial charge in [0.1, 0.15) is 16.6 Å². The van der Waals surface area contributed by atoms with Gasteiger partial charge in [-0.1, -0.05) is 110 Å². The average molecular weight is 622 g/mol. The van der Waals surface area contributed by atoms with E-state index in [0.717, 1.165) is 5.56 Å². The number of carbonyl (C=O) groups is 3. The number of carbonyl (C=O) groups excluding carboxylic acids is 3. The zero-order valence-corrected chi connectivity index (χ0v) is 25.7. The minimum Gasteiger partial charge on any atom is -0.304 e. The number of benzene rings is 3. The zero-order valence-electron chi connectivity index (χ0n) is 37.7. The van der Waals surface area contributed by atoms with Gasteiger partial charge < -0.3 is 16.0 Å². The number of Topliss-reactive ketones (excluding diaryl/α,β-unsaturated/α-hetero) is 3. The van der Waals surface area contributed by atoms with Crippen molar-refractivity contribution in [1.82, 2.24) is 16.0 Å². The molecule has 3 aromatic rings. The smallest absolute Gasteiger partial charge is 0.157 e. The molecular formula is C39H51N3O3. The SMILES string of the molecule is [2H]C([2H])([2H])N[C@@]1(c2ccccc2)CCCC([2H])([2H])C1=O.[2H]C([2H])([2H])N[C@@]1(c2ccccc2)CCCC([2H])([2H])C1=O.[2H]C1([2H])CCC[C@@](NC)(c2ccccc2)C1=O. The highest BCUT2D eigenvalue weighted by Crippen LogP contribution is 2.36. The first-order chi connectivity index (χ1) is 26.4. The predicted octanol–water partition coefficient (Wildman–Crippen LogP) is 6.73. The van der Waals surface area contributed by atoms with Crippen LogP contribution in [0.25, 0.3) is 0 Å². The van der Waals surface area contributed by atoms with Gasteiger partial charge in [0.15, 0.2) is 17.3 Å². The summed E-state index contributed by atoms with van der Waals surface area (Å²) in [7, 11) is 1.73. The molecule has 0 amide bonds. The third-order valence-corrected chi connectivity index (χ3v) is 8.86. The third kappa shape index (κ3) is 7.51. The summed E-state index contributed by atoms with van der Waals surface area (Å²) in [6.45, 7) is -5.03. The molecule has 0 aliphatic heterocycles. The molecule has 3 aromatic carbocycles. The van der Waals surface area contributed by atoms with Crippen LogP contribution in [-0.2, 0) is 31.0 Å². The fourth-order valence-electron chi connectivity index (χ4n) is 6.22. The Bertz CT molecular complexity index is 1750. The first kappa shape index (κ1) is 21.4. The summed E-state index contributed by atoms with van der Waals surface area (Å²) in [4.78, 5) is 37.5. The van der Waals surface area contributed by atoms with Gasteiger partial charge in [-0.15, -0.1) is 0 Å². The van der Waals surface area contributed by atoms with Gasteiger partial charge in [-0.25, -0.2) is 0 Å². The molecule has 0 radical (unpaired) electrons. The van der Waals surface area contributed by atoms with Gasteiger partial charge in [0.25, 0.3) is 0 Å². The number of likely N-dealkylation sites (N-methyl/N-ethyl adjacent to an activating group) is 3. The van der Waals surface area contributed by atoms with Crippen LogP contribution in [0, 0.1) is 0 Å². The van der Waals surface area contributed by atoms with Crippen LogP contribution < -0.4 is 16.0 Å². The van der Waals surface area contributed by atoms with Crippen LogP contribution in [0.1, 0.15) is 110 Å². The first-order valence-corrected chi connectivity index (χ1v) is 15.5. The molecule has 3 saturated carbocycles. The van der Waals surface area contributed by atoms with Crippen molar-refractivity contribution >= 4 is 17.3 Å². The minimum absolute atomic E-state index is 0.128. The second-order valence-corrected chi connectivity index (χ2v) is 11.4. The summed E-state index contributed by atoms with van der Waals surface area (Å²) < 4.78 is 91.4. The molecule has 0 heterocycles. The van der Waals surface area contributed by atoms with Crippen molar-refractivity contribution in [2.75, 3.05) is 21.0 Å². The van der Waals surface area contributed by atoms with Gasteiger partial charge in [-0.3, -0.25) is 14.4 Å².